The number of aliphatic carboxylic acids is 1. The molecular weight excluding hydrogens is 864 g/mol. The second-order valence-electron chi connectivity index (χ2n) is 12.6. The molecule has 1 heterocycles. The predicted octanol–water partition coefficient (Wildman–Crippen LogP) is 7.65. The van der Waals surface area contributed by atoms with Crippen LogP contribution in [0.5, 0.6) is 0 Å². The monoisotopic (exact) mass is 902 g/mol. The summed E-state index contributed by atoms with van der Waals surface area (Å²) in [6.07, 6.45) is 3.26. The Kier molecular flexibility index (Phi) is 14.7. The minimum absolute atomic E-state index is 0.0260. The van der Waals surface area contributed by atoms with Crippen LogP contribution in [0, 0.1) is 0 Å². The van der Waals surface area contributed by atoms with Gasteiger partial charge in [0.05, 0.1) is 6.54 Å². The molecule has 4 atom stereocenters. The molecular formula is C38H42Br4N4O2. The van der Waals surface area contributed by atoms with E-state index < -0.39 is 5.97 Å². The minimum atomic E-state index is -0.813. The maximum Gasteiger partial charge on any atom is 0.317 e. The summed E-state index contributed by atoms with van der Waals surface area (Å²) in [5.74, 6) is -0.813. The molecule has 4 aromatic carbocycles. The van der Waals surface area contributed by atoms with Crippen LogP contribution in [0.3, 0.4) is 0 Å². The number of benzene rings is 4. The molecule has 1 saturated heterocycles. The van der Waals surface area contributed by atoms with Crippen LogP contribution in [0.25, 0.3) is 0 Å². The molecule has 0 amide bonds. The van der Waals surface area contributed by atoms with Gasteiger partial charge in [-0.2, -0.15) is 0 Å². The Morgan fingerprint density at radius 1 is 0.542 bits per heavy atom. The Morgan fingerprint density at radius 2 is 0.875 bits per heavy atom. The van der Waals surface area contributed by atoms with Gasteiger partial charge in [-0.3, -0.25) is 9.69 Å². The van der Waals surface area contributed by atoms with Crippen molar-refractivity contribution in [2.24, 2.45) is 0 Å². The van der Waals surface area contributed by atoms with Gasteiger partial charge >= 0.3 is 5.97 Å². The number of hydrogen-bond donors (Lipinski definition) is 4. The van der Waals surface area contributed by atoms with Crippen molar-refractivity contribution in [1.29, 1.82) is 0 Å². The normalized spacial score (nSPS) is 21.2. The van der Waals surface area contributed by atoms with Crippen molar-refractivity contribution in [2.45, 2.75) is 49.9 Å². The van der Waals surface area contributed by atoms with E-state index in [0.717, 1.165) is 56.7 Å². The summed E-state index contributed by atoms with van der Waals surface area (Å²) >= 11 is 14.3. The van der Waals surface area contributed by atoms with E-state index in [1.54, 1.807) is 0 Å². The number of nitrogens with one attached hydrogen (secondary N) is 3. The third-order valence-corrected chi connectivity index (χ3v) is 10.9. The van der Waals surface area contributed by atoms with Gasteiger partial charge in [0.15, 0.2) is 0 Å². The molecule has 0 bridgehead atoms. The largest absolute Gasteiger partial charge is 0.480 e. The summed E-state index contributed by atoms with van der Waals surface area (Å²) in [5.41, 5.74) is 4.93. The van der Waals surface area contributed by atoms with E-state index in [4.69, 9.17) is 0 Å². The molecule has 6 nitrogen and oxygen atoms in total. The van der Waals surface area contributed by atoms with Crippen LogP contribution in [-0.2, 0) is 30.5 Å². The van der Waals surface area contributed by atoms with Crippen molar-refractivity contribution in [1.82, 2.24) is 20.9 Å². The topological polar surface area (TPSA) is 76.6 Å². The average molecular weight is 906 g/mol. The van der Waals surface area contributed by atoms with Crippen molar-refractivity contribution in [3.05, 3.63) is 137 Å². The number of hydrogen-bond acceptors (Lipinski definition) is 5. The van der Waals surface area contributed by atoms with E-state index in [2.05, 4.69) is 182 Å². The molecule has 0 aliphatic carbocycles. The number of halogens is 4. The van der Waals surface area contributed by atoms with Crippen LogP contribution >= 0.6 is 63.7 Å². The van der Waals surface area contributed by atoms with Crippen molar-refractivity contribution < 1.29 is 9.90 Å². The number of rotatable bonds is 10. The Labute approximate surface area is 318 Å². The second kappa shape index (κ2) is 18.9. The molecule has 1 fully saturated rings. The lowest BCUT2D eigenvalue weighted by atomic mass is 9.99. The van der Waals surface area contributed by atoms with Gasteiger partial charge in [-0.1, -0.05) is 112 Å². The van der Waals surface area contributed by atoms with E-state index in [0.29, 0.717) is 13.1 Å². The molecule has 0 radical (unpaired) electrons. The molecule has 0 saturated carbocycles. The summed E-state index contributed by atoms with van der Waals surface area (Å²) in [6.45, 7) is 2.77. The molecule has 10 heteroatoms. The van der Waals surface area contributed by atoms with Gasteiger partial charge in [0.25, 0.3) is 0 Å². The zero-order valence-corrected chi connectivity index (χ0v) is 33.1. The van der Waals surface area contributed by atoms with Crippen LogP contribution in [0.1, 0.15) is 22.3 Å². The van der Waals surface area contributed by atoms with Gasteiger partial charge < -0.3 is 21.1 Å². The molecule has 4 aromatic rings. The third-order valence-electron chi connectivity index (χ3n) is 8.83. The highest BCUT2D eigenvalue weighted by atomic mass is 79.9. The fourth-order valence-corrected chi connectivity index (χ4v) is 7.35. The molecule has 0 unspecified atom stereocenters. The molecule has 48 heavy (non-hydrogen) atoms. The van der Waals surface area contributed by atoms with Gasteiger partial charge in [0.1, 0.15) is 0 Å². The van der Waals surface area contributed by atoms with E-state index in [1.165, 1.54) is 22.3 Å². The second-order valence-corrected chi connectivity index (χ2v) is 16.3. The highest BCUT2D eigenvalue weighted by molar-refractivity contribution is 9.11. The van der Waals surface area contributed by atoms with Gasteiger partial charge in [0.2, 0.25) is 0 Å². The van der Waals surface area contributed by atoms with Gasteiger partial charge in [-0.05, 0) is 96.5 Å². The summed E-state index contributed by atoms with van der Waals surface area (Å²) < 4.78 is 4.21. The van der Waals surface area contributed by atoms with Crippen LogP contribution < -0.4 is 16.0 Å². The maximum atomic E-state index is 12.4. The first-order valence-corrected chi connectivity index (χ1v) is 19.5. The van der Waals surface area contributed by atoms with Crippen molar-refractivity contribution in [3.8, 4) is 0 Å². The lowest BCUT2D eigenvalue weighted by Gasteiger charge is -2.37. The maximum absolute atomic E-state index is 12.4. The Hall–Kier alpha value is -1.89. The summed E-state index contributed by atoms with van der Waals surface area (Å²) in [6, 6.07) is 34.3. The molecule has 0 spiro atoms. The van der Waals surface area contributed by atoms with Gasteiger partial charge in [-0.15, -0.1) is 0 Å². The molecule has 4 N–H and O–H groups in total. The Morgan fingerprint density at radius 3 is 1.27 bits per heavy atom. The summed E-state index contributed by atoms with van der Waals surface area (Å²) in [5, 5.41) is 21.9. The predicted molar refractivity (Wildman–Crippen MR) is 210 cm³/mol. The minimum Gasteiger partial charge on any atom is -0.480 e. The van der Waals surface area contributed by atoms with Gasteiger partial charge in [0, 0.05) is 68.2 Å². The fourth-order valence-electron chi connectivity index (χ4n) is 6.29. The molecule has 1 aliphatic heterocycles. The molecule has 0 aromatic heterocycles. The average Bonchev–Trinajstić information content (AvgIpc) is 3.06. The number of carbonyl (C=O) groups is 1. The zero-order valence-electron chi connectivity index (χ0n) is 26.7. The van der Waals surface area contributed by atoms with E-state index in [1.807, 2.05) is 0 Å². The lowest BCUT2D eigenvalue weighted by Crippen LogP contribution is -2.57. The first kappa shape index (κ1) is 37.4. The zero-order chi connectivity index (χ0) is 33.9. The van der Waals surface area contributed by atoms with Gasteiger partial charge in [-0.25, -0.2) is 0 Å². The van der Waals surface area contributed by atoms with Crippen molar-refractivity contribution in [3.63, 3.8) is 0 Å². The fraction of sp³-hybridized carbons (Fsp3) is 0.342. The number of carboxylic acids is 1. The number of carboxylic acid groups (broad SMARTS) is 1. The van der Waals surface area contributed by atoms with Crippen molar-refractivity contribution >= 4 is 69.7 Å². The van der Waals surface area contributed by atoms with E-state index in [9.17, 15) is 9.90 Å². The lowest BCUT2D eigenvalue weighted by molar-refractivity contribution is -0.139. The SMILES string of the molecule is O=C(O)CN1C[C@H](Cc2ccc(Br)cc2)NC[C@H](Cc2ccc(Br)cc2)NC[C@H](Cc2ccc(Br)cc2)NC[C@@H]1Cc1ccc(Br)cc1. The smallest absolute Gasteiger partial charge is 0.317 e. The Balaban J connectivity index is 1.45. The Bertz CT molecular complexity index is 1570. The quantitative estimate of drug-likeness (QED) is 0.131. The first-order chi connectivity index (χ1) is 23.2. The first-order valence-electron chi connectivity index (χ1n) is 16.3. The molecule has 5 rings (SSSR count). The van der Waals surface area contributed by atoms with E-state index in [-0.39, 0.29) is 30.7 Å². The van der Waals surface area contributed by atoms with Crippen LogP contribution in [-0.4, -0.2) is 72.9 Å². The molecule has 1 aliphatic rings. The number of nitrogens with zero attached hydrogens (tertiary/aromatic N) is 1. The standard InChI is InChI=1S/C38H42Br4N4O2/c39-30-9-1-26(2-10-30)17-34-22-44-36(19-28-5-13-32(41)14-6-28)24-46(25-38(47)48)37(20-29-7-15-33(42)16-8-29)23-45-35(21-43-34)18-27-3-11-31(40)12-4-27/h1-16,34-37,43-45H,17-25H2,(H,47,48)/t34-,35-,36-,37-/m0/s1. The third kappa shape index (κ3) is 12.5. The highest BCUT2D eigenvalue weighted by Gasteiger charge is 2.27. The van der Waals surface area contributed by atoms with Crippen molar-refractivity contribution in [2.75, 3.05) is 32.7 Å². The summed E-state index contributed by atoms with van der Waals surface area (Å²) in [7, 11) is 0. The van der Waals surface area contributed by atoms with Crippen LogP contribution in [0.4, 0.5) is 0 Å². The molecule has 254 valence electrons. The van der Waals surface area contributed by atoms with Crippen LogP contribution in [0.15, 0.2) is 115 Å². The van der Waals surface area contributed by atoms with Crippen LogP contribution in [0.2, 0.25) is 0 Å². The van der Waals surface area contributed by atoms with E-state index >= 15 is 0 Å². The highest BCUT2D eigenvalue weighted by Crippen LogP contribution is 2.19. The summed E-state index contributed by atoms with van der Waals surface area (Å²) in [4.78, 5) is 14.6.